The summed E-state index contributed by atoms with van der Waals surface area (Å²) in [6, 6.07) is 19.6. The maximum atomic E-state index is 5.12. The van der Waals surface area contributed by atoms with Crippen molar-refractivity contribution in [1.82, 2.24) is 24.7 Å². The van der Waals surface area contributed by atoms with E-state index in [4.69, 9.17) is 9.97 Å². The molecule has 0 bridgehead atoms. The van der Waals surface area contributed by atoms with Gasteiger partial charge in [0.15, 0.2) is 5.82 Å². The van der Waals surface area contributed by atoms with Gasteiger partial charge in [0.05, 0.1) is 5.69 Å². The average Bonchev–Trinajstić information content (AvgIpc) is 2.98. The number of nitrogens with zero attached hydrogens (tertiary/aromatic N) is 6. The van der Waals surface area contributed by atoms with Gasteiger partial charge in [0, 0.05) is 75.6 Å². The van der Waals surface area contributed by atoms with Crippen molar-refractivity contribution in [2.75, 3.05) is 76.2 Å². The fraction of sp³-hybridized carbons (Fsp3) is 0.500. The molecule has 1 aromatic heterocycles. The van der Waals surface area contributed by atoms with Gasteiger partial charge in [-0.25, -0.2) is 9.97 Å². The Labute approximate surface area is 234 Å². The fourth-order valence-corrected chi connectivity index (χ4v) is 5.66. The molecule has 0 atom stereocenters. The van der Waals surface area contributed by atoms with Crippen molar-refractivity contribution in [1.29, 1.82) is 0 Å². The molecular weight excluding hydrogens is 482 g/mol. The van der Waals surface area contributed by atoms with E-state index < -0.39 is 0 Å². The molecule has 5 rings (SSSR count). The third-order valence-electron chi connectivity index (χ3n) is 8.22. The van der Waals surface area contributed by atoms with Crippen molar-refractivity contribution in [3.05, 3.63) is 71.4 Å². The first-order chi connectivity index (χ1) is 19.1. The molecule has 7 heteroatoms. The Balaban J connectivity index is 1.34. The quantitative estimate of drug-likeness (QED) is 0.366. The number of aromatic nitrogens is 2. The number of hydrogen-bond acceptors (Lipinski definition) is 7. The number of rotatable bonds is 11. The number of anilines is 2. The van der Waals surface area contributed by atoms with Crippen LogP contribution >= 0.6 is 0 Å². The Bertz CT molecular complexity index is 1170. The first-order valence-electron chi connectivity index (χ1n) is 14.8. The largest absolute Gasteiger partial charge is 0.370 e. The lowest BCUT2D eigenvalue weighted by atomic mass is 10.0. The highest BCUT2D eigenvalue weighted by atomic mass is 15.2. The third-order valence-corrected chi connectivity index (χ3v) is 8.22. The molecule has 3 aromatic rings. The van der Waals surface area contributed by atoms with Crippen LogP contribution in [0.15, 0.2) is 54.6 Å². The molecule has 0 aliphatic carbocycles. The lowest BCUT2D eigenvalue weighted by Crippen LogP contribution is -2.44. The molecule has 39 heavy (non-hydrogen) atoms. The molecule has 0 unspecified atom stereocenters. The zero-order chi connectivity index (χ0) is 27.0. The smallest absolute Gasteiger partial charge is 0.161 e. The van der Waals surface area contributed by atoms with E-state index in [1.54, 1.807) is 0 Å². The molecular formula is C32H45N7. The average molecular weight is 528 g/mol. The van der Waals surface area contributed by atoms with Gasteiger partial charge in [-0.1, -0.05) is 44.2 Å². The van der Waals surface area contributed by atoms with Gasteiger partial charge in [0.2, 0.25) is 0 Å². The highest BCUT2D eigenvalue weighted by Crippen LogP contribution is 2.29. The van der Waals surface area contributed by atoms with Gasteiger partial charge in [-0.2, -0.15) is 0 Å². The van der Waals surface area contributed by atoms with Crippen molar-refractivity contribution in [2.45, 2.75) is 39.8 Å². The zero-order valence-corrected chi connectivity index (χ0v) is 24.1. The summed E-state index contributed by atoms with van der Waals surface area (Å²) in [5.41, 5.74) is 6.19. The summed E-state index contributed by atoms with van der Waals surface area (Å²) in [6.45, 7) is 15.9. The van der Waals surface area contributed by atoms with Gasteiger partial charge in [0.1, 0.15) is 5.82 Å². The first-order valence-corrected chi connectivity index (χ1v) is 14.8. The minimum Gasteiger partial charge on any atom is -0.370 e. The standard InChI is InChI=1S/C32H45N7/c1-4-37(5-2)18-9-17-33-32-29-25-38(24-26-10-7-6-8-11-26)19-16-30(29)34-31(35-32)27-12-14-28(15-13-27)39-22-20-36(3)21-23-39/h6-8,10-15H,4-5,9,16-25H2,1-3H3,(H,33,34,35). The summed E-state index contributed by atoms with van der Waals surface area (Å²) in [5, 5.41) is 3.72. The summed E-state index contributed by atoms with van der Waals surface area (Å²) < 4.78 is 0. The summed E-state index contributed by atoms with van der Waals surface area (Å²) in [5.74, 6) is 1.84. The molecule has 0 amide bonds. The van der Waals surface area contributed by atoms with Crippen LogP contribution in [-0.4, -0.2) is 90.6 Å². The van der Waals surface area contributed by atoms with Gasteiger partial charge in [0.25, 0.3) is 0 Å². The molecule has 1 fully saturated rings. The maximum absolute atomic E-state index is 5.12. The van der Waals surface area contributed by atoms with Crippen LogP contribution in [0.2, 0.25) is 0 Å². The topological polar surface area (TPSA) is 50.8 Å². The second-order valence-electron chi connectivity index (χ2n) is 10.9. The van der Waals surface area contributed by atoms with Crippen LogP contribution in [0.1, 0.15) is 37.1 Å². The minimum absolute atomic E-state index is 0.835. The predicted octanol–water partition coefficient (Wildman–Crippen LogP) is 4.60. The van der Waals surface area contributed by atoms with Crippen molar-refractivity contribution >= 4 is 11.5 Å². The molecule has 2 aliphatic rings. The van der Waals surface area contributed by atoms with Crippen LogP contribution in [0, 0.1) is 0 Å². The highest BCUT2D eigenvalue weighted by molar-refractivity contribution is 5.63. The van der Waals surface area contributed by atoms with Crippen LogP contribution in [-0.2, 0) is 19.5 Å². The summed E-state index contributed by atoms with van der Waals surface area (Å²) >= 11 is 0. The van der Waals surface area contributed by atoms with Crippen LogP contribution in [0.25, 0.3) is 11.4 Å². The fourth-order valence-electron chi connectivity index (χ4n) is 5.66. The van der Waals surface area contributed by atoms with Crippen LogP contribution in [0.3, 0.4) is 0 Å². The minimum atomic E-state index is 0.835. The van der Waals surface area contributed by atoms with E-state index in [0.717, 1.165) is 102 Å². The predicted molar refractivity (Wildman–Crippen MR) is 162 cm³/mol. The summed E-state index contributed by atoms with van der Waals surface area (Å²) in [7, 11) is 2.20. The summed E-state index contributed by atoms with van der Waals surface area (Å²) in [6.07, 6.45) is 2.05. The number of benzene rings is 2. The molecule has 2 aromatic carbocycles. The van der Waals surface area contributed by atoms with Crippen LogP contribution in [0.4, 0.5) is 11.5 Å². The SMILES string of the molecule is CCN(CC)CCCNc1nc(-c2ccc(N3CCN(C)CC3)cc2)nc2c1CN(Cc1ccccc1)CC2. The van der Waals surface area contributed by atoms with Crippen molar-refractivity contribution in [3.8, 4) is 11.4 Å². The van der Waals surface area contributed by atoms with E-state index in [0.29, 0.717) is 0 Å². The maximum Gasteiger partial charge on any atom is 0.161 e. The van der Waals surface area contributed by atoms with Crippen molar-refractivity contribution in [3.63, 3.8) is 0 Å². The second kappa shape index (κ2) is 13.4. The lowest BCUT2D eigenvalue weighted by Gasteiger charge is -2.34. The van der Waals surface area contributed by atoms with E-state index in [9.17, 15) is 0 Å². The molecule has 0 spiro atoms. The Morgan fingerprint density at radius 1 is 0.872 bits per heavy atom. The van der Waals surface area contributed by atoms with E-state index in [1.165, 1.54) is 22.5 Å². The molecule has 0 radical (unpaired) electrons. The normalized spacial score (nSPS) is 16.5. The van der Waals surface area contributed by atoms with E-state index in [2.05, 4.69) is 100 Å². The van der Waals surface area contributed by atoms with Gasteiger partial charge < -0.3 is 20.0 Å². The Morgan fingerprint density at radius 3 is 2.33 bits per heavy atom. The van der Waals surface area contributed by atoms with Crippen LogP contribution in [0.5, 0.6) is 0 Å². The van der Waals surface area contributed by atoms with Crippen molar-refractivity contribution < 1.29 is 0 Å². The van der Waals surface area contributed by atoms with Gasteiger partial charge in [-0.05, 0) is 62.9 Å². The van der Waals surface area contributed by atoms with Crippen molar-refractivity contribution in [2.24, 2.45) is 0 Å². The summed E-state index contributed by atoms with van der Waals surface area (Å²) in [4.78, 5) is 20.1. The van der Waals surface area contributed by atoms with Gasteiger partial charge >= 0.3 is 0 Å². The molecule has 208 valence electrons. The molecule has 1 saturated heterocycles. The number of fused-ring (bicyclic) bond motifs is 1. The Morgan fingerprint density at radius 2 is 1.62 bits per heavy atom. The number of piperazine rings is 1. The highest BCUT2D eigenvalue weighted by Gasteiger charge is 2.23. The number of nitrogens with one attached hydrogen (secondary N) is 1. The monoisotopic (exact) mass is 527 g/mol. The van der Waals surface area contributed by atoms with E-state index in [1.807, 2.05) is 0 Å². The first kappa shape index (κ1) is 27.6. The Kier molecular flexibility index (Phi) is 9.45. The Hall–Kier alpha value is -3.00. The van der Waals surface area contributed by atoms with Crippen LogP contribution < -0.4 is 10.2 Å². The molecule has 3 heterocycles. The molecule has 1 N–H and O–H groups in total. The molecule has 7 nitrogen and oxygen atoms in total. The number of likely N-dealkylation sites (N-methyl/N-ethyl adjacent to an activating group) is 1. The third kappa shape index (κ3) is 7.15. The van der Waals surface area contributed by atoms with Gasteiger partial charge in [-0.15, -0.1) is 0 Å². The number of hydrogen-bond donors (Lipinski definition) is 1. The second-order valence-corrected chi connectivity index (χ2v) is 10.9. The van der Waals surface area contributed by atoms with E-state index >= 15 is 0 Å². The zero-order valence-electron chi connectivity index (χ0n) is 24.1. The molecule has 2 aliphatic heterocycles. The lowest BCUT2D eigenvalue weighted by molar-refractivity contribution is 0.243. The van der Waals surface area contributed by atoms with Gasteiger partial charge in [-0.3, -0.25) is 4.90 Å². The van der Waals surface area contributed by atoms with E-state index in [-0.39, 0.29) is 0 Å². The molecule has 0 saturated carbocycles.